The SMILES string of the molecule is Cc1ccc(C2(C)N=C(NC(C)(C)C)NC2=O)cc1F. The topological polar surface area (TPSA) is 53.5 Å². The molecule has 1 aromatic rings. The summed E-state index contributed by atoms with van der Waals surface area (Å²) in [5.41, 5.74) is -0.213. The molecule has 0 aromatic heterocycles. The summed E-state index contributed by atoms with van der Waals surface area (Å²) in [6, 6.07) is 4.77. The molecule has 0 saturated heterocycles. The summed E-state index contributed by atoms with van der Waals surface area (Å²) in [4.78, 5) is 16.6. The van der Waals surface area contributed by atoms with Gasteiger partial charge in [-0.15, -0.1) is 0 Å². The molecule has 0 spiro atoms. The molecular weight excluding hydrogens is 257 g/mol. The lowest BCUT2D eigenvalue weighted by Gasteiger charge is -2.21. The van der Waals surface area contributed by atoms with Crippen molar-refractivity contribution < 1.29 is 9.18 Å². The molecule has 2 rings (SSSR count). The predicted molar refractivity (Wildman–Crippen MR) is 77.0 cm³/mol. The molecule has 5 heteroatoms. The molecule has 1 heterocycles. The number of rotatable bonds is 1. The average molecular weight is 277 g/mol. The van der Waals surface area contributed by atoms with E-state index in [-0.39, 0.29) is 17.3 Å². The lowest BCUT2D eigenvalue weighted by molar-refractivity contribution is -0.123. The molecule has 0 saturated carbocycles. The van der Waals surface area contributed by atoms with E-state index in [4.69, 9.17) is 0 Å². The number of nitrogens with zero attached hydrogens (tertiary/aromatic N) is 1. The maximum absolute atomic E-state index is 13.7. The molecule has 0 aliphatic carbocycles. The number of carbonyl (C=O) groups is 1. The average Bonchev–Trinajstić information content (AvgIpc) is 2.56. The molecule has 0 bridgehead atoms. The predicted octanol–water partition coefficient (Wildman–Crippen LogP) is 2.22. The second-order valence-electron chi connectivity index (χ2n) is 6.33. The first-order valence-corrected chi connectivity index (χ1v) is 6.58. The third-order valence-electron chi connectivity index (χ3n) is 3.24. The summed E-state index contributed by atoms with van der Waals surface area (Å²) < 4.78 is 13.7. The van der Waals surface area contributed by atoms with Crippen LogP contribution in [0.15, 0.2) is 23.2 Å². The highest BCUT2D eigenvalue weighted by molar-refractivity contribution is 6.07. The second kappa shape index (κ2) is 4.58. The number of halogens is 1. The van der Waals surface area contributed by atoms with Gasteiger partial charge in [0.05, 0.1) is 0 Å². The summed E-state index contributed by atoms with van der Waals surface area (Å²) in [5.74, 6) is -0.164. The van der Waals surface area contributed by atoms with E-state index in [9.17, 15) is 9.18 Å². The van der Waals surface area contributed by atoms with E-state index in [0.29, 0.717) is 17.1 Å². The van der Waals surface area contributed by atoms with Crippen LogP contribution in [-0.2, 0) is 10.3 Å². The normalized spacial score (nSPS) is 22.5. The van der Waals surface area contributed by atoms with Crippen molar-refractivity contribution in [1.82, 2.24) is 10.6 Å². The van der Waals surface area contributed by atoms with Crippen LogP contribution >= 0.6 is 0 Å². The fourth-order valence-corrected chi connectivity index (χ4v) is 2.04. The van der Waals surface area contributed by atoms with Crippen molar-refractivity contribution in [3.63, 3.8) is 0 Å². The van der Waals surface area contributed by atoms with Crippen molar-refractivity contribution in [2.45, 2.75) is 45.7 Å². The summed E-state index contributed by atoms with van der Waals surface area (Å²) in [6.45, 7) is 9.30. The molecule has 1 atom stereocenters. The first-order chi connectivity index (χ1) is 9.12. The highest BCUT2D eigenvalue weighted by Crippen LogP contribution is 2.30. The minimum absolute atomic E-state index is 0.212. The van der Waals surface area contributed by atoms with Crippen molar-refractivity contribution in [1.29, 1.82) is 0 Å². The monoisotopic (exact) mass is 277 g/mol. The van der Waals surface area contributed by atoms with Crippen molar-refractivity contribution in [2.24, 2.45) is 4.99 Å². The first kappa shape index (κ1) is 14.5. The number of hydrogen-bond acceptors (Lipinski definition) is 3. The van der Waals surface area contributed by atoms with E-state index >= 15 is 0 Å². The number of carbonyl (C=O) groups excluding carboxylic acids is 1. The van der Waals surface area contributed by atoms with Crippen molar-refractivity contribution in [2.75, 3.05) is 0 Å². The first-order valence-electron chi connectivity index (χ1n) is 6.58. The highest BCUT2D eigenvalue weighted by atomic mass is 19.1. The number of hydrogen-bond donors (Lipinski definition) is 2. The molecule has 1 aromatic carbocycles. The zero-order valence-electron chi connectivity index (χ0n) is 12.5. The van der Waals surface area contributed by atoms with Crippen molar-refractivity contribution in [3.05, 3.63) is 35.1 Å². The second-order valence-corrected chi connectivity index (χ2v) is 6.33. The smallest absolute Gasteiger partial charge is 0.259 e. The van der Waals surface area contributed by atoms with Crippen LogP contribution in [0, 0.1) is 12.7 Å². The largest absolute Gasteiger partial charge is 0.351 e. The van der Waals surface area contributed by atoms with E-state index in [1.54, 1.807) is 26.0 Å². The van der Waals surface area contributed by atoms with Crippen LogP contribution in [-0.4, -0.2) is 17.4 Å². The standard InChI is InChI=1S/C15H20FN3O/c1-9-6-7-10(8-11(9)16)15(5)12(20)17-13(19-15)18-14(2,3)4/h6-8H,1-5H3,(H2,17,18,19,20). The van der Waals surface area contributed by atoms with Gasteiger partial charge in [-0.05, 0) is 51.8 Å². The van der Waals surface area contributed by atoms with Gasteiger partial charge in [-0.1, -0.05) is 12.1 Å². The van der Waals surface area contributed by atoms with Gasteiger partial charge in [-0.2, -0.15) is 0 Å². The maximum atomic E-state index is 13.7. The van der Waals surface area contributed by atoms with Gasteiger partial charge in [0.25, 0.3) is 5.91 Å². The Kier molecular flexibility index (Phi) is 3.32. The Balaban J connectivity index is 2.38. The summed E-state index contributed by atoms with van der Waals surface area (Å²) >= 11 is 0. The summed E-state index contributed by atoms with van der Waals surface area (Å²) in [6.07, 6.45) is 0. The number of aryl methyl sites for hydroxylation is 1. The Hall–Kier alpha value is -1.91. The van der Waals surface area contributed by atoms with Gasteiger partial charge in [-0.25, -0.2) is 9.38 Å². The fraction of sp³-hybridized carbons (Fsp3) is 0.467. The Morgan fingerprint density at radius 3 is 2.55 bits per heavy atom. The van der Waals surface area contributed by atoms with E-state index in [1.807, 2.05) is 20.8 Å². The zero-order valence-corrected chi connectivity index (χ0v) is 12.5. The Morgan fingerprint density at radius 2 is 2.00 bits per heavy atom. The third kappa shape index (κ3) is 2.66. The van der Waals surface area contributed by atoms with Gasteiger partial charge in [-0.3, -0.25) is 10.1 Å². The van der Waals surface area contributed by atoms with Crippen LogP contribution in [0.5, 0.6) is 0 Å². The third-order valence-corrected chi connectivity index (χ3v) is 3.24. The molecular formula is C15H20FN3O. The van der Waals surface area contributed by atoms with Crippen LogP contribution in [0.3, 0.4) is 0 Å². The van der Waals surface area contributed by atoms with Crippen molar-refractivity contribution >= 4 is 11.9 Å². The molecule has 0 radical (unpaired) electrons. The van der Waals surface area contributed by atoms with Gasteiger partial charge in [0.2, 0.25) is 0 Å². The van der Waals surface area contributed by atoms with Crippen LogP contribution in [0.25, 0.3) is 0 Å². The summed E-state index contributed by atoms with van der Waals surface area (Å²) in [7, 11) is 0. The quantitative estimate of drug-likeness (QED) is 0.827. The Bertz CT molecular complexity index is 589. The van der Waals surface area contributed by atoms with Gasteiger partial charge in [0.15, 0.2) is 11.5 Å². The minimum Gasteiger partial charge on any atom is -0.351 e. The van der Waals surface area contributed by atoms with Crippen LogP contribution < -0.4 is 10.6 Å². The van der Waals surface area contributed by atoms with Gasteiger partial charge in [0, 0.05) is 5.54 Å². The lowest BCUT2D eigenvalue weighted by Crippen LogP contribution is -2.47. The van der Waals surface area contributed by atoms with Gasteiger partial charge >= 0.3 is 0 Å². The fourth-order valence-electron chi connectivity index (χ4n) is 2.04. The number of guanidine groups is 1. The molecule has 1 amide bonds. The van der Waals surface area contributed by atoms with Crippen LogP contribution in [0.4, 0.5) is 4.39 Å². The minimum atomic E-state index is -1.10. The Morgan fingerprint density at radius 1 is 1.35 bits per heavy atom. The van der Waals surface area contributed by atoms with E-state index in [0.717, 1.165) is 0 Å². The molecule has 0 fully saturated rings. The zero-order chi connectivity index (χ0) is 15.1. The molecule has 2 N–H and O–H groups in total. The molecule has 4 nitrogen and oxygen atoms in total. The number of aliphatic imine (C=N–C) groups is 1. The molecule has 20 heavy (non-hydrogen) atoms. The van der Waals surface area contributed by atoms with E-state index in [2.05, 4.69) is 15.6 Å². The number of nitrogens with one attached hydrogen (secondary N) is 2. The van der Waals surface area contributed by atoms with Crippen LogP contribution in [0.1, 0.15) is 38.8 Å². The lowest BCUT2D eigenvalue weighted by atomic mass is 9.92. The van der Waals surface area contributed by atoms with Crippen LogP contribution in [0.2, 0.25) is 0 Å². The van der Waals surface area contributed by atoms with E-state index in [1.165, 1.54) is 6.07 Å². The molecule has 1 unspecified atom stereocenters. The van der Waals surface area contributed by atoms with Gasteiger partial charge < -0.3 is 5.32 Å². The Labute approximate surface area is 118 Å². The summed E-state index contributed by atoms with van der Waals surface area (Å²) in [5, 5.41) is 5.83. The van der Waals surface area contributed by atoms with Crippen molar-refractivity contribution in [3.8, 4) is 0 Å². The number of amides is 1. The van der Waals surface area contributed by atoms with E-state index < -0.39 is 5.54 Å². The van der Waals surface area contributed by atoms with Gasteiger partial charge in [0.1, 0.15) is 5.82 Å². The maximum Gasteiger partial charge on any atom is 0.259 e. The number of benzene rings is 1. The molecule has 108 valence electrons. The molecule has 1 aliphatic heterocycles. The highest BCUT2D eigenvalue weighted by Gasteiger charge is 2.41. The molecule has 1 aliphatic rings.